The number of halogens is 2. The molecule has 3 aromatic rings. The lowest BCUT2D eigenvalue weighted by Crippen LogP contribution is -2.36. The average molecular weight is 406 g/mol. The van der Waals surface area contributed by atoms with Gasteiger partial charge in [-0.2, -0.15) is 0 Å². The zero-order chi connectivity index (χ0) is 19.7. The van der Waals surface area contributed by atoms with Gasteiger partial charge in [0.1, 0.15) is 0 Å². The lowest BCUT2D eigenvalue weighted by molar-refractivity contribution is 0.0785. The van der Waals surface area contributed by atoms with E-state index in [0.29, 0.717) is 33.2 Å². The van der Waals surface area contributed by atoms with Crippen LogP contribution in [0.1, 0.15) is 22.8 Å². The molecule has 2 aromatic carbocycles. The highest BCUT2D eigenvalue weighted by Gasteiger charge is 2.16. The first-order valence-electron chi connectivity index (χ1n) is 8.28. The van der Waals surface area contributed by atoms with Crippen LogP contribution in [0, 0.1) is 0 Å². The predicted octanol–water partition coefficient (Wildman–Crippen LogP) is 3.29. The molecule has 0 aliphatic rings. The van der Waals surface area contributed by atoms with Crippen molar-refractivity contribution in [2.24, 2.45) is 0 Å². The highest BCUT2D eigenvalue weighted by molar-refractivity contribution is 6.42. The van der Waals surface area contributed by atoms with Crippen molar-refractivity contribution in [3.63, 3.8) is 0 Å². The zero-order valence-corrected chi connectivity index (χ0v) is 16.3. The second-order valence-electron chi connectivity index (χ2n) is 6.11. The number of aromatic amines is 1. The number of carbonyl (C=O) groups is 1. The Morgan fingerprint density at radius 1 is 1.19 bits per heavy atom. The van der Waals surface area contributed by atoms with Crippen LogP contribution in [0.3, 0.4) is 0 Å². The number of benzene rings is 2. The summed E-state index contributed by atoms with van der Waals surface area (Å²) in [4.78, 5) is 40.6. The molecule has 3 rings (SSSR count). The Kier molecular flexibility index (Phi) is 5.39. The van der Waals surface area contributed by atoms with Crippen LogP contribution in [0.25, 0.3) is 11.0 Å². The molecule has 6 nitrogen and oxygen atoms in total. The van der Waals surface area contributed by atoms with Crippen LogP contribution in [0.2, 0.25) is 10.0 Å². The molecule has 1 heterocycles. The summed E-state index contributed by atoms with van der Waals surface area (Å²) >= 11 is 12.2. The fourth-order valence-electron chi connectivity index (χ4n) is 2.94. The third-order valence-corrected chi connectivity index (χ3v) is 5.18. The average Bonchev–Trinajstić information content (AvgIpc) is 2.65. The molecular weight excluding hydrogens is 389 g/mol. The van der Waals surface area contributed by atoms with Gasteiger partial charge >= 0.3 is 11.1 Å². The normalized spacial score (nSPS) is 11.0. The Bertz CT molecular complexity index is 1150. The number of nitrogens with zero attached hydrogens (tertiary/aromatic N) is 2. The Morgan fingerprint density at radius 3 is 2.63 bits per heavy atom. The van der Waals surface area contributed by atoms with Gasteiger partial charge in [0.15, 0.2) is 0 Å². The summed E-state index contributed by atoms with van der Waals surface area (Å²) in [6.07, 6.45) is 0. The number of H-pyrrole nitrogens is 1. The lowest BCUT2D eigenvalue weighted by atomic mass is 10.1. The summed E-state index contributed by atoms with van der Waals surface area (Å²) in [7, 11) is 1.65. The number of rotatable bonds is 4. The van der Waals surface area contributed by atoms with Crippen molar-refractivity contribution in [3.8, 4) is 0 Å². The quantitative estimate of drug-likeness (QED) is 0.676. The van der Waals surface area contributed by atoms with Gasteiger partial charge in [-0.15, -0.1) is 0 Å². The Balaban J connectivity index is 1.96. The van der Waals surface area contributed by atoms with E-state index in [0.717, 1.165) is 5.56 Å². The van der Waals surface area contributed by atoms with E-state index < -0.39 is 11.1 Å². The van der Waals surface area contributed by atoms with Crippen molar-refractivity contribution in [1.29, 1.82) is 0 Å². The van der Waals surface area contributed by atoms with Crippen LogP contribution >= 0.6 is 23.2 Å². The molecular formula is C19H17Cl2N3O3. The van der Waals surface area contributed by atoms with Gasteiger partial charge in [-0.1, -0.05) is 35.3 Å². The summed E-state index contributed by atoms with van der Waals surface area (Å²) in [5.41, 5.74) is 0.791. The van der Waals surface area contributed by atoms with E-state index in [2.05, 4.69) is 4.98 Å². The van der Waals surface area contributed by atoms with E-state index in [9.17, 15) is 14.4 Å². The third kappa shape index (κ3) is 3.63. The minimum Gasteiger partial charge on any atom is -0.337 e. The van der Waals surface area contributed by atoms with E-state index in [1.807, 2.05) is 0 Å². The van der Waals surface area contributed by atoms with Crippen LogP contribution in [0.5, 0.6) is 0 Å². The highest BCUT2D eigenvalue weighted by atomic mass is 35.5. The zero-order valence-electron chi connectivity index (χ0n) is 14.8. The van der Waals surface area contributed by atoms with Gasteiger partial charge in [0.2, 0.25) is 0 Å². The molecule has 0 spiro atoms. The molecule has 8 heteroatoms. The largest absolute Gasteiger partial charge is 0.337 e. The van der Waals surface area contributed by atoms with Gasteiger partial charge in [-0.25, -0.2) is 0 Å². The Labute approximate surface area is 164 Å². The summed E-state index contributed by atoms with van der Waals surface area (Å²) in [5.74, 6) is -0.247. The number of carbonyl (C=O) groups excluding carboxylic acids is 1. The van der Waals surface area contributed by atoms with Crippen molar-refractivity contribution < 1.29 is 4.79 Å². The van der Waals surface area contributed by atoms with E-state index in [-0.39, 0.29) is 12.5 Å². The number of nitrogens with one attached hydrogen (secondary N) is 1. The molecule has 1 amide bonds. The highest BCUT2D eigenvalue weighted by Crippen LogP contribution is 2.26. The van der Waals surface area contributed by atoms with Crippen molar-refractivity contribution in [3.05, 3.63) is 78.3 Å². The first-order valence-corrected chi connectivity index (χ1v) is 9.04. The van der Waals surface area contributed by atoms with Crippen molar-refractivity contribution >= 4 is 40.1 Å². The molecule has 0 saturated heterocycles. The standard InChI is InChI=1S/C19H17Cl2N3O3/c1-3-24-15-8-7-11(9-14(15)22-17(25)19(24)27)18(26)23(2)10-12-5-4-6-13(20)16(12)21/h4-9H,3,10H2,1-2H3,(H,22,25). The van der Waals surface area contributed by atoms with E-state index >= 15 is 0 Å². The molecule has 0 atom stereocenters. The maximum absolute atomic E-state index is 12.8. The molecule has 0 aliphatic heterocycles. The number of amides is 1. The van der Waals surface area contributed by atoms with Crippen molar-refractivity contribution in [2.45, 2.75) is 20.0 Å². The minimum absolute atomic E-state index is 0.247. The molecule has 1 N–H and O–H groups in total. The molecule has 1 aromatic heterocycles. The molecule has 0 bridgehead atoms. The Morgan fingerprint density at radius 2 is 1.93 bits per heavy atom. The number of fused-ring (bicyclic) bond motifs is 1. The fraction of sp³-hybridized carbons (Fsp3) is 0.211. The monoisotopic (exact) mass is 405 g/mol. The van der Waals surface area contributed by atoms with Crippen LogP contribution in [0.15, 0.2) is 46.0 Å². The second-order valence-corrected chi connectivity index (χ2v) is 6.89. The topological polar surface area (TPSA) is 75.2 Å². The van der Waals surface area contributed by atoms with Crippen molar-refractivity contribution in [1.82, 2.24) is 14.5 Å². The van der Waals surface area contributed by atoms with Gasteiger partial charge in [0.05, 0.1) is 21.1 Å². The first kappa shape index (κ1) is 19.2. The number of hydrogen-bond acceptors (Lipinski definition) is 3. The SMILES string of the molecule is CCn1c(=O)c(=O)[nH]c2cc(C(=O)N(C)Cc3cccc(Cl)c3Cl)ccc21. The summed E-state index contributed by atoms with van der Waals surface area (Å²) in [6, 6.07) is 10.1. The molecule has 140 valence electrons. The van der Waals surface area contributed by atoms with Gasteiger partial charge in [-0.05, 0) is 36.8 Å². The van der Waals surface area contributed by atoms with Gasteiger partial charge in [0, 0.05) is 25.7 Å². The summed E-state index contributed by atoms with van der Waals surface area (Å²) in [6.45, 7) is 2.42. The summed E-state index contributed by atoms with van der Waals surface area (Å²) < 4.78 is 1.37. The molecule has 0 aliphatic carbocycles. The third-order valence-electron chi connectivity index (χ3n) is 4.32. The van der Waals surface area contributed by atoms with Crippen molar-refractivity contribution in [2.75, 3.05) is 7.05 Å². The second kappa shape index (κ2) is 7.58. The van der Waals surface area contributed by atoms with Crippen LogP contribution in [0.4, 0.5) is 0 Å². The fourth-order valence-corrected chi connectivity index (χ4v) is 3.32. The van der Waals surface area contributed by atoms with Gasteiger partial charge < -0.3 is 14.5 Å². The summed E-state index contributed by atoms with van der Waals surface area (Å²) in [5, 5.41) is 0.837. The first-order chi connectivity index (χ1) is 12.8. The molecule has 27 heavy (non-hydrogen) atoms. The van der Waals surface area contributed by atoms with Crippen LogP contribution in [-0.4, -0.2) is 27.4 Å². The smallest absolute Gasteiger partial charge is 0.316 e. The van der Waals surface area contributed by atoms with Gasteiger partial charge in [0.25, 0.3) is 5.91 Å². The van der Waals surface area contributed by atoms with E-state index in [1.54, 1.807) is 50.4 Å². The minimum atomic E-state index is -0.715. The molecule has 0 saturated carbocycles. The number of aromatic nitrogens is 2. The van der Waals surface area contributed by atoms with Crippen LogP contribution in [-0.2, 0) is 13.1 Å². The Hall–Kier alpha value is -2.57. The molecule has 0 fully saturated rings. The predicted molar refractivity (Wildman–Crippen MR) is 107 cm³/mol. The van der Waals surface area contributed by atoms with E-state index in [1.165, 1.54) is 9.47 Å². The number of hydrogen-bond donors (Lipinski definition) is 1. The van der Waals surface area contributed by atoms with Crippen LogP contribution < -0.4 is 11.1 Å². The maximum Gasteiger partial charge on any atom is 0.316 e. The molecule has 0 radical (unpaired) electrons. The number of aryl methyl sites for hydroxylation is 1. The van der Waals surface area contributed by atoms with Gasteiger partial charge in [-0.3, -0.25) is 14.4 Å². The molecule has 0 unspecified atom stereocenters. The lowest BCUT2D eigenvalue weighted by Gasteiger charge is -2.19. The van der Waals surface area contributed by atoms with E-state index in [4.69, 9.17) is 23.2 Å². The maximum atomic E-state index is 12.8.